The number of pyridine rings is 1. The molecule has 3 aromatic heterocycles. The lowest BCUT2D eigenvalue weighted by atomic mass is 9.92. The van der Waals surface area contributed by atoms with E-state index in [1.54, 1.807) is 6.20 Å². The van der Waals surface area contributed by atoms with Gasteiger partial charge in [0.25, 0.3) is 5.56 Å². The molecule has 8 nitrogen and oxygen atoms in total. The summed E-state index contributed by atoms with van der Waals surface area (Å²) in [7, 11) is 0. The second kappa shape index (κ2) is 7.92. The average molecular weight is 409 g/mol. The van der Waals surface area contributed by atoms with E-state index in [1.807, 2.05) is 17.7 Å². The fraction of sp³-hybridized carbons (Fsp3) is 0.545. The van der Waals surface area contributed by atoms with Gasteiger partial charge in [0.05, 0.1) is 18.3 Å². The lowest BCUT2D eigenvalue weighted by molar-refractivity contribution is 0.0671. The summed E-state index contributed by atoms with van der Waals surface area (Å²) >= 11 is 0. The van der Waals surface area contributed by atoms with E-state index in [4.69, 9.17) is 9.72 Å². The van der Waals surface area contributed by atoms with Crippen molar-refractivity contribution in [3.63, 3.8) is 0 Å². The Kier molecular flexibility index (Phi) is 5.12. The van der Waals surface area contributed by atoms with Crippen molar-refractivity contribution in [2.75, 3.05) is 26.3 Å². The number of aromatic nitrogens is 5. The van der Waals surface area contributed by atoms with Crippen LogP contribution in [-0.4, -0.2) is 55.9 Å². The highest BCUT2D eigenvalue weighted by Gasteiger charge is 2.35. The number of fused-ring (bicyclic) bond motifs is 1. The van der Waals surface area contributed by atoms with E-state index >= 15 is 0 Å². The van der Waals surface area contributed by atoms with Crippen LogP contribution in [0, 0.1) is 6.92 Å². The SMILES string of the molecule is CC[C@H](c1nc2c(cnn2C2CCOCC2)c(=O)[nH]1)N1CC(c2cccc(C)n2)C1. The largest absolute Gasteiger partial charge is 0.381 e. The molecular weight excluding hydrogens is 380 g/mol. The number of nitrogens with one attached hydrogen (secondary N) is 1. The predicted octanol–water partition coefficient (Wildman–Crippen LogP) is 2.73. The van der Waals surface area contributed by atoms with Crippen molar-refractivity contribution in [1.29, 1.82) is 0 Å². The molecule has 0 bridgehead atoms. The van der Waals surface area contributed by atoms with Gasteiger partial charge in [-0.3, -0.25) is 14.7 Å². The first-order chi connectivity index (χ1) is 14.6. The zero-order chi connectivity index (χ0) is 20.7. The van der Waals surface area contributed by atoms with Crippen molar-refractivity contribution >= 4 is 11.0 Å². The standard InChI is InChI=1S/C22H28N6O2/c1-3-19(27-12-15(13-27)18-6-4-5-14(2)24-18)20-25-21-17(22(29)26-20)11-23-28(21)16-7-9-30-10-8-16/h4-6,11,15-16,19H,3,7-10,12-13H2,1-2H3,(H,25,26,29)/t19-/m1/s1. The molecule has 5 heterocycles. The fourth-order valence-electron chi connectivity index (χ4n) is 4.68. The van der Waals surface area contributed by atoms with Gasteiger partial charge in [0.2, 0.25) is 0 Å². The molecule has 2 aliphatic rings. The van der Waals surface area contributed by atoms with Crippen LogP contribution in [0.15, 0.2) is 29.2 Å². The number of likely N-dealkylation sites (tertiary alicyclic amines) is 1. The Labute approximate surface area is 175 Å². The molecule has 0 amide bonds. The van der Waals surface area contributed by atoms with Gasteiger partial charge in [-0.1, -0.05) is 13.0 Å². The van der Waals surface area contributed by atoms with Gasteiger partial charge in [-0.25, -0.2) is 9.67 Å². The lowest BCUT2D eigenvalue weighted by Gasteiger charge is -2.43. The summed E-state index contributed by atoms with van der Waals surface area (Å²) in [5.41, 5.74) is 2.78. The zero-order valence-electron chi connectivity index (χ0n) is 17.5. The van der Waals surface area contributed by atoms with E-state index < -0.39 is 0 Å². The van der Waals surface area contributed by atoms with E-state index in [1.165, 1.54) is 0 Å². The topological polar surface area (TPSA) is 88.9 Å². The molecule has 8 heteroatoms. The highest BCUT2D eigenvalue weighted by molar-refractivity contribution is 5.73. The van der Waals surface area contributed by atoms with Crippen LogP contribution in [0.5, 0.6) is 0 Å². The van der Waals surface area contributed by atoms with E-state index in [0.717, 1.165) is 62.8 Å². The maximum atomic E-state index is 12.8. The predicted molar refractivity (Wildman–Crippen MR) is 114 cm³/mol. The average Bonchev–Trinajstić information content (AvgIpc) is 3.15. The molecule has 30 heavy (non-hydrogen) atoms. The highest BCUT2D eigenvalue weighted by Crippen LogP contribution is 2.34. The Morgan fingerprint density at radius 3 is 2.77 bits per heavy atom. The third kappa shape index (κ3) is 3.44. The molecule has 0 radical (unpaired) electrons. The minimum Gasteiger partial charge on any atom is -0.381 e. The van der Waals surface area contributed by atoms with E-state index in [0.29, 0.717) is 17.0 Å². The molecule has 2 aliphatic heterocycles. The number of hydrogen-bond donors (Lipinski definition) is 1. The summed E-state index contributed by atoms with van der Waals surface area (Å²) in [6.07, 6.45) is 4.32. The van der Waals surface area contributed by atoms with Crippen molar-refractivity contribution in [3.8, 4) is 0 Å². The monoisotopic (exact) mass is 408 g/mol. The fourth-order valence-corrected chi connectivity index (χ4v) is 4.68. The van der Waals surface area contributed by atoms with Crippen LogP contribution < -0.4 is 5.56 Å². The number of aryl methyl sites for hydroxylation is 1. The van der Waals surface area contributed by atoms with Gasteiger partial charge in [0.15, 0.2) is 5.65 Å². The van der Waals surface area contributed by atoms with Crippen molar-refractivity contribution in [2.24, 2.45) is 0 Å². The molecule has 2 fully saturated rings. The number of hydrogen-bond acceptors (Lipinski definition) is 6. The van der Waals surface area contributed by atoms with Crippen LogP contribution in [0.4, 0.5) is 0 Å². The molecule has 1 N–H and O–H groups in total. The Morgan fingerprint density at radius 2 is 2.03 bits per heavy atom. The first-order valence-electron chi connectivity index (χ1n) is 10.9. The van der Waals surface area contributed by atoms with Gasteiger partial charge in [-0.15, -0.1) is 0 Å². The van der Waals surface area contributed by atoms with Crippen LogP contribution in [0.1, 0.15) is 61.4 Å². The van der Waals surface area contributed by atoms with E-state index in [-0.39, 0.29) is 17.6 Å². The van der Waals surface area contributed by atoms with Crippen molar-refractivity contribution in [1.82, 2.24) is 29.6 Å². The van der Waals surface area contributed by atoms with Gasteiger partial charge >= 0.3 is 0 Å². The van der Waals surface area contributed by atoms with Gasteiger partial charge in [-0.2, -0.15) is 5.10 Å². The van der Waals surface area contributed by atoms with Gasteiger partial charge < -0.3 is 9.72 Å². The summed E-state index contributed by atoms with van der Waals surface area (Å²) in [6.45, 7) is 7.47. The summed E-state index contributed by atoms with van der Waals surface area (Å²) in [5.74, 6) is 1.17. The summed E-state index contributed by atoms with van der Waals surface area (Å²) in [6, 6.07) is 6.53. The second-order valence-corrected chi connectivity index (χ2v) is 8.40. The molecule has 5 rings (SSSR count). The summed E-state index contributed by atoms with van der Waals surface area (Å²) in [4.78, 5) is 27.8. The Bertz CT molecular complexity index is 1090. The molecule has 0 saturated carbocycles. The third-order valence-corrected chi connectivity index (χ3v) is 6.40. The molecule has 0 unspecified atom stereocenters. The van der Waals surface area contributed by atoms with Crippen LogP contribution >= 0.6 is 0 Å². The first-order valence-corrected chi connectivity index (χ1v) is 10.9. The Morgan fingerprint density at radius 1 is 1.23 bits per heavy atom. The number of ether oxygens (including phenoxy) is 1. The highest BCUT2D eigenvalue weighted by atomic mass is 16.5. The summed E-state index contributed by atoms with van der Waals surface area (Å²) < 4.78 is 7.41. The van der Waals surface area contributed by atoms with Crippen molar-refractivity contribution in [2.45, 2.75) is 51.1 Å². The third-order valence-electron chi connectivity index (χ3n) is 6.40. The molecule has 2 saturated heterocycles. The van der Waals surface area contributed by atoms with Crippen molar-refractivity contribution in [3.05, 3.63) is 52.0 Å². The van der Waals surface area contributed by atoms with Crippen LogP contribution in [0.25, 0.3) is 11.0 Å². The smallest absolute Gasteiger partial charge is 0.262 e. The molecule has 1 atom stereocenters. The molecule has 3 aromatic rings. The van der Waals surface area contributed by atoms with Crippen LogP contribution in [-0.2, 0) is 4.74 Å². The Balaban J connectivity index is 1.41. The minimum atomic E-state index is -0.107. The molecule has 0 spiro atoms. The number of aromatic amines is 1. The summed E-state index contributed by atoms with van der Waals surface area (Å²) in [5, 5.41) is 5.06. The molecule has 0 aliphatic carbocycles. The zero-order valence-corrected chi connectivity index (χ0v) is 17.5. The quantitative estimate of drug-likeness (QED) is 0.698. The van der Waals surface area contributed by atoms with Crippen LogP contribution in [0.3, 0.4) is 0 Å². The maximum Gasteiger partial charge on any atom is 0.262 e. The number of rotatable bonds is 5. The van der Waals surface area contributed by atoms with Gasteiger partial charge in [-0.05, 0) is 38.3 Å². The lowest BCUT2D eigenvalue weighted by Crippen LogP contribution is -2.47. The minimum absolute atomic E-state index is 0.0844. The van der Waals surface area contributed by atoms with Crippen molar-refractivity contribution < 1.29 is 4.74 Å². The number of H-pyrrole nitrogens is 1. The molecule has 0 aromatic carbocycles. The van der Waals surface area contributed by atoms with E-state index in [2.05, 4.69) is 39.0 Å². The van der Waals surface area contributed by atoms with Gasteiger partial charge in [0, 0.05) is 43.6 Å². The molecular formula is C22H28N6O2. The van der Waals surface area contributed by atoms with E-state index in [9.17, 15) is 4.79 Å². The van der Waals surface area contributed by atoms with Crippen LogP contribution in [0.2, 0.25) is 0 Å². The number of nitrogens with zero attached hydrogens (tertiary/aromatic N) is 5. The maximum absolute atomic E-state index is 12.8. The second-order valence-electron chi connectivity index (χ2n) is 8.40. The Hall–Kier alpha value is -2.58. The molecule has 158 valence electrons. The van der Waals surface area contributed by atoms with Gasteiger partial charge in [0.1, 0.15) is 11.2 Å². The normalized spacial score (nSPS) is 19.8. The first kappa shape index (κ1) is 19.4.